The van der Waals surface area contributed by atoms with Gasteiger partial charge in [-0.15, -0.1) is 11.3 Å². The lowest BCUT2D eigenvalue weighted by Crippen LogP contribution is -2.31. The minimum absolute atomic E-state index is 0.537. The van der Waals surface area contributed by atoms with Crippen molar-refractivity contribution >= 4 is 11.3 Å². The molecule has 0 fully saturated rings. The molecule has 0 aliphatic carbocycles. The van der Waals surface area contributed by atoms with Gasteiger partial charge in [0.15, 0.2) is 0 Å². The Kier molecular flexibility index (Phi) is 4.97. The number of benzene rings is 1. The number of thiophene rings is 1. The number of hydrogen-bond donors (Lipinski definition) is 1. The fourth-order valence-corrected chi connectivity index (χ4v) is 3.11. The Bertz CT molecular complexity index is 435. The van der Waals surface area contributed by atoms with Gasteiger partial charge in [-0.3, -0.25) is 0 Å². The van der Waals surface area contributed by atoms with Crippen LogP contribution in [0.2, 0.25) is 0 Å². The summed E-state index contributed by atoms with van der Waals surface area (Å²) in [5.41, 5.74) is 1.42. The standard InChI is InChI=1S/C16H21NS/c1-13(14-7-4-3-5-8-14)16(17-2)11-10-15-9-6-12-18-15/h3-9,12-13,16-17H,10-11H2,1-2H3. The van der Waals surface area contributed by atoms with Crippen LogP contribution in [-0.2, 0) is 6.42 Å². The van der Waals surface area contributed by atoms with E-state index in [2.05, 4.69) is 67.1 Å². The fraction of sp³-hybridized carbons (Fsp3) is 0.375. The zero-order valence-electron chi connectivity index (χ0n) is 11.1. The van der Waals surface area contributed by atoms with Gasteiger partial charge >= 0.3 is 0 Å². The summed E-state index contributed by atoms with van der Waals surface area (Å²) in [5.74, 6) is 0.552. The van der Waals surface area contributed by atoms with E-state index in [0.717, 1.165) is 0 Å². The first-order valence-electron chi connectivity index (χ1n) is 6.56. The SMILES string of the molecule is CNC(CCc1cccs1)C(C)c1ccccc1. The topological polar surface area (TPSA) is 12.0 Å². The van der Waals surface area contributed by atoms with Gasteiger partial charge in [0.1, 0.15) is 0 Å². The molecule has 96 valence electrons. The van der Waals surface area contributed by atoms with E-state index >= 15 is 0 Å². The highest BCUT2D eigenvalue weighted by molar-refractivity contribution is 7.09. The van der Waals surface area contributed by atoms with E-state index in [9.17, 15) is 0 Å². The summed E-state index contributed by atoms with van der Waals surface area (Å²) in [7, 11) is 2.07. The van der Waals surface area contributed by atoms with Crippen LogP contribution in [-0.4, -0.2) is 13.1 Å². The maximum atomic E-state index is 3.47. The van der Waals surface area contributed by atoms with Gasteiger partial charge in [0, 0.05) is 10.9 Å². The fourth-order valence-electron chi connectivity index (χ4n) is 2.39. The summed E-state index contributed by atoms with van der Waals surface area (Å²) in [6.45, 7) is 2.31. The predicted molar refractivity (Wildman–Crippen MR) is 80.3 cm³/mol. The van der Waals surface area contributed by atoms with Crippen LogP contribution in [0.25, 0.3) is 0 Å². The minimum Gasteiger partial charge on any atom is -0.316 e. The average Bonchev–Trinajstić information content (AvgIpc) is 2.93. The Labute approximate surface area is 114 Å². The number of hydrogen-bond acceptors (Lipinski definition) is 2. The molecular formula is C16H21NS. The third-order valence-electron chi connectivity index (χ3n) is 3.58. The number of likely N-dealkylation sites (N-methyl/N-ethyl adjacent to an activating group) is 1. The Balaban J connectivity index is 1.96. The van der Waals surface area contributed by atoms with Crippen molar-refractivity contribution < 1.29 is 0 Å². The van der Waals surface area contributed by atoms with Crippen molar-refractivity contribution in [3.05, 3.63) is 58.3 Å². The molecule has 1 heterocycles. The number of rotatable bonds is 6. The molecule has 2 atom stereocenters. The van der Waals surface area contributed by atoms with Gasteiger partial charge in [-0.25, -0.2) is 0 Å². The van der Waals surface area contributed by atoms with Gasteiger partial charge in [0.05, 0.1) is 0 Å². The van der Waals surface area contributed by atoms with Crippen molar-refractivity contribution in [3.8, 4) is 0 Å². The van der Waals surface area contributed by atoms with E-state index in [1.165, 1.54) is 23.3 Å². The molecule has 0 aliphatic rings. The highest BCUT2D eigenvalue weighted by Gasteiger charge is 2.16. The van der Waals surface area contributed by atoms with Crippen molar-refractivity contribution in [2.24, 2.45) is 0 Å². The lowest BCUT2D eigenvalue weighted by molar-refractivity contribution is 0.457. The first kappa shape index (κ1) is 13.3. The van der Waals surface area contributed by atoms with Crippen LogP contribution in [0.15, 0.2) is 47.8 Å². The maximum Gasteiger partial charge on any atom is 0.0134 e. The molecule has 0 aliphatic heterocycles. The number of nitrogens with one attached hydrogen (secondary N) is 1. The molecule has 0 amide bonds. The smallest absolute Gasteiger partial charge is 0.0134 e. The molecule has 2 aromatic rings. The Hall–Kier alpha value is -1.12. The summed E-state index contributed by atoms with van der Waals surface area (Å²) < 4.78 is 0. The lowest BCUT2D eigenvalue weighted by atomic mass is 9.90. The zero-order valence-corrected chi connectivity index (χ0v) is 11.9. The van der Waals surface area contributed by atoms with Crippen molar-refractivity contribution in [2.45, 2.75) is 31.7 Å². The van der Waals surface area contributed by atoms with E-state index < -0.39 is 0 Å². The molecule has 0 saturated heterocycles. The first-order chi connectivity index (χ1) is 8.81. The van der Waals surface area contributed by atoms with Crippen LogP contribution in [0.4, 0.5) is 0 Å². The van der Waals surface area contributed by atoms with Crippen LogP contribution in [0.1, 0.15) is 29.7 Å². The average molecular weight is 259 g/mol. The predicted octanol–water partition coefficient (Wildman–Crippen LogP) is 4.07. The van der Waals surface area contributed by atoms with Crippen molar-refractivity contribution in [1.29, 1.82) is 0 Å². The van der Waals surface area contributed by atoms with E-state index in [4.69, 9.17) is 0 Å². The van der Waals surface area contributed by atoms with Crippen LogP contribution in [0, 0.1) is 0 Å². The van der Waals surface area contributed by atoms with Gasteiger partial charge in [-0.05, 0) is 42.8 Å². The van der Waals surface area contributed by atoms with Gasteiger partial charge < -0.3 is 5.32 Å². The molecule has 0 spiro atoms. The van der Waals surface area contributed by atoms with Gasteiger partial charge in [0.25, 0.3) is 0 Å². The summed E-state index contributed by atoms with van der Waals surface area (Å²) >= 11 is 1.86. The molecule has 2 rings (SSSR count). The molecule has 0 saturated carbocycles. The second-order valence-corrected chi connectivity index (χ2v) is 5.74. The highest BCUT2D eigenvalue weighted by atomic mass is 32.1. The molecule has 0 bridgehead atoms. The van der Waals surface area contributed by atoms with Gasteiger partial charge in [-0.2, -0.15) is 0 Å². The van der Waals surface area contributed by atoms with Crippen LogP contribution in [0.5, 0.6) is 0 Å². The third-order valence-corrected chi connectivity index (χ3v) is 4.52. The van der Waals surface area contributed by atoms with Crippen LogP contribution in [0.3, 0.4) is 0 Å². The van der Waals surface area contributed by atoms with E-state index in [1.807, 2.05) is 11.3 Å². The Morgan fingerprint density at radius 1 is 1.11 bits per heavy atom. The molecule has 0 radical (unpaired) electrons. The zero-order chi connectivity index (χ0) is 12.8. The maximum absolute atomic E-state index is 3.47. The summed E-state index contributed by atoms with van der Waals surface area (Å²) in [6, 6.07) is 15.7. The van der Waals surface area contributed by atoms with Crippen molar-refractivity contribution in [3.63, 3.8) is 0 Å². The minimum atomic E-state index is 0.537. The van der Waals surface area contributed by atoms with E-state index in [0.29, 0.717) is 12.0 Å². The molecule has 1 aromatic heterocycles. The molecule has 1 aromatic carbocycles. The monoisotopic (exact) mass is 259 g/mol. The lowest BCUT2D eigenvalue weighted by Gasteiger charge is -2.23. The second kappa shape index (κ2) is 6.72. The van der Waals surface area contributed by atoms with Gasteiger partial charge in [-0.1, -0.05) is 43.3 Å². The molecule has 2 unspecified atom stereocenters. The quantitative estimate of drug-likeness (QED) is 0.824. The van der Waals surface area contributed by atoms with Crippen molar-refractivity contribution in [1.82, 2.24) is 5.32 Å². The Morgan fingerprint density at radius 3 is 2.50 bits per heavy atom. The first-order valence-corrected chi connectivity index (χ1v) is 7.44. The van der Waals surface area contributed by atoms with Gasteiger partial charge in [0.2, 0.25) is 0 Å². The highest BCUT2D eigenvalue weighted by Crippen LogP contribution is 2.23. The Morgan fingerprint density at radius 2 is 1.89 bits per heavy atom. The molecular weight excluding hydrogens is 238 g/mol. The molecule has 1 nitrogen and oxygen atoms in total. The summed E-state index contributed by atoms with van der Waals surface area (Å²) in [4.78, 5) is 1.48. The van der Waals surface area contributed by atoms with E-state index in [-0.39, 0.29) is 0 Å². The van der Waals surface area contributed by atoms with E-state index in [1.54, 1.807) is 0 Å². The molecule has 18 heavy (non-hydrogen) atoms. The summed E-state index contributed by atoms with van der Waals surface area (Å²) in [6.07, 6.45) is 2.35. The largest absolute Gasteiger partial charge is 0.316 e. The normalized spacial score (nSPS) is 14.3. The van der Waals surface area contributed by atoms with Crippen LogP contribution < -0.4 is 5.32 Å². The van der Waals surface area contributed by atoms with Crippen molar-refractivity contribution in [2.75, 3.05) is 7.05 Å². The molecule has 1 N–H and O–H groups in total. The third kappa shape index (κ3) is 3.44. The number of aryl methyl sites for hydroxylation is 1. The van der Waals surface area contributed by atoms with Crippen LogP contribution >= 0.6 is 11.3 Å². The second-order valence-electron chi connectivity index (χ2n) is 4.71. The molecule has 2 heteroatoms. The summed E-state index contributed by atoms with van der Waals surface area (Å²) in [5, 5.41) is 5.62.